The van der Waals surface area contributed by atoms with Crippen LogP contribution in [0.15, 0.2) is 64.9 Å². The summed E-state index contributed by atoms with van der Waals surface area (Å²) < 4.78 is 15.0. The number of fused-ring (bicyclic) bond motifs is 3. The lowest BCUT2D eigenvalue weighted by molar-refractivity contribution is 0.298. The molecule has 5 saturated carbocycles. The number of amidine groups is 1. The number of alkyl halides is 1. The van der Waals surface area contributed by atoms with Gasteiger partial charge in [-0.1, -0.05) is 31.7 Å². The average Bonchev–Trinajstić information content (AvgIpc) is 3.83. The van der Waals surface area contributed by atoms with E-state index in [1.807, 2.05) is 6.20 Å². The van der Waals surface area contributed by atoms with Crippen LogP contribution in [-0.2, 0) is 6.42 Å². The van der Waals surface area contributed by atoms with Crippen molar-refractivity contribution in [3.8, 4) is 11.1 Å². The third kappa shape index (κ3) is 3.36. The standard InChI is InChI=1S/C33H37FN4/c1-3-26-10-9-25(16-35-26)24-5-4-6-27(15-24)38(22(2)32-19-33(32,34)20-32)21-30-11-13-31(18-30,14-12-30)28-17-36-29(37-28)23-7-8-23/h4-6,9-10,15-16,23H,2-3,7-8,11-14,17-21H2,1H3. The Morgan fingerprint density at radius 2 is 1.84 bits per heavy atom. The summed E-state index contributed by atoms with van der Waals surface area (Å²) in [5.41, 5.74) is 6.01. The van der Waals surface area contributed by atoms with Crippen molar-refractivity contribution >= 4 is 17.2 Å². The van der Waals surface area contributed by atoms with Crippen LogP contribution in [0.3, 0.4) is 0 Å². The van der Waals surface area contributed by atoms with Crippen LogP contribution in [0.5, 0.6) is 0 Å². The number of aliphatic imine (C=N–C) groups is 2. The van der Waals surface area contributed by atoms with Crippen LogP contribution in [0.25, 0.3) is 11.1 Å². The first-order valence-electron chi connectivity index (χ1n) is 14.7. The van der Waals surface area contributed by atoms with Crippen LogP contribution in [0.2, 0.25) is 0 Å². The molecule has 2 heterocycles. The van der Waals surface area contributed by atoms with Crippen LogP contribution in [0.1, 0.15) is 70.4 Å². The van der Waals surface area contributed by atoms with E-state index < -0.39 is 5.67 Å². The number of hydrogen-bond donors (Lipinski definition) is 0. The summed E-state index contributed by atoms with van der Waals surface area (Å²) in [6.45, 7) is 8.43. The van der Waals surface area contributed by atoms with Gasteiger partial charge in [0.2, 0.25) is 0 Å². The molecule has 0 saturated heterocycles. The number of aryl methyl sites for hydroxylation is 1. The highest BCUT2D eigenvalue weighted by Gasteiger charge is 2.87. The first kappa shape index (κ1) is 23.1. The number of nitrogens with zero attached hydrogens (tertiary/aromatic N) is 4. The molecule has 0 atom stereocenters. The number of rotatable bonds is 9. The molecular formula is C33H37FN4. The molecule has 1 aromatic heterocycles. The third-order valence-corrected chi connectivity index (χ3v) is 11.0. The maximum Gasteiger partial charge on any atom is 0.126 e. The van der Waals surface area contributed by atoms with Crippen molar-refractivity contribution in [1.29, 1.82) is 0 Å². The summed E-state index contributed by atoms with van der Waals surface area (Å²) in [4.78, 5) is 17.0. The Hall–Kier alpha value is -2.82. The molecule has 5 heteroatoms. The highest BCUT2D eigenvalue weighted by Crippen LogP contribution is 2.84. The molecule has 196 valence electrons. The molecule has 2 aromatic rings. The lowest BCUT2D eigenvalue weighted by Gasteiger charge is -2.37. The minimum atomic E-state index is -0.998. The van der Waals surface area contributed by atoms with Crippen molar-refractivity contribution in [3.05, 3.63) is 60.6 Å². The topological polar surface area (TPSA) is 40.9 Å². The minimum Gasteiger partial charge on any atom is -0.344 e. The van der Waals surface area contributed by atoms with Crippen LogP contribution in [0, 0.1) is 22.2 Å². The van der Waals surface area contributed by atoms with Gasteiger partial charge in [-0.25, -0.2) is 9.38 Å². The van der Waals surface area contributed by atoms with E-state index >= 15 is 4.39 Å². The fourth-order valence-electron chi connectivity index (χ4n) is 8.02. The molecule has 5 aliphatic carbocycles. The zero-order valence-corrected chi connectivity index (χ0v) is 22.5. The molecule has 0 amide bonds. The van der Waals surface area contributed by atoms with E-state index in [9.17, 15) is 0 Å². The number of hydrogen-bond acceptors (Lipinski definition) is 4. The van der Waals surface area contributed by atoms with Crippen molar-refractivity contribution < 1.29 is 4.39 Å². The monoisotopic (exact) mass is 508 g/mol. The molecule has 1 aromatic carbocycles. The lowest BCUT2D eigenvalue weighted by atomic mass is 9.79. The number of aromatic nitrogens is 1. The zero-order chi connectivity index (χ0) is 25.8. The van der Waals surface area contributed by atoms with Gasteiger partial charge in [0, 0.05) is 52.4 Å². The van der Waals surface area contributed by atoms with E-state index in [0.29, 0.717) is 18.8 Å². The van der Waals surface area contributed by atoms with Gasteiger partial charge in [-0.2, -0.15) is 0 Å². The average molecular weight is 509 g/mol. The van der Waals surface area contributed by atoms with Gasteiger partial charge in [0.05, 0.1) is 12.0 Å². The minimum absolute atomic E-state index is 0.225. The normalized spacial score (nSPS) is 36.1. The maximum absolute atomic E-state index is 15.0. The Morgan fingerprint density at radius 3 is 2.50 bits per heavy atom. The summed E-state index contributed by atoms with van der Waals surface area (Å²) in [6.07, 6.45) is 12.8. The molecule has 0 radical (unpaired) electrons. The Kier molecular flexibility index (Phi) is 4.64. The second-order valence-electron chi connectivity index (χ2n) is 13.3. The molecule has 0 unspecified atom stereocenters. The predicted octanol–water partition coefficient (Wildman–Crippen LogP) is 7.35. The molecule has 8 rings (SSSR count). The van der Waals surface area contributed by atoms with Gasteiger partial charge in [0.1, 0.15) is 11.5 Å². The maximum atomic E-state index is 15.0. The van der Waals surface area contributed by atoms with E-state index in [0.717, 1.165) is 53.6 Å². The van der Waals surface area contributed by atoms with E-state index in [4.69, 9.17) is 9.98 Å². The van der Waals surface area contributed by atoms with E-state index in [1.165, 1.54) is 50.7 Å². The molecule has 6 aliphatic rings. The molecule has 0 N–H and O–H groups in total. The first-order chi connectivity index (χ1) is 18.4. The van der Waals surface area contributed by atoms with E-state index in [1.54, 1.807) is 0 Å². The fourth-order valence-corrected chi connectivity index (χ4v) is 8.02. The van der Waals surface area contributed by atoms with Crippen molar-refractivity contribution in [1.82, 2.24) is 4.98 Å². The van der Waals surface area contributed by atoms with Gasteiger partial charge in [-0.3, -0.25) is 9.98 Å². The molecule has 2 bridgehead atoms. The number of pyridine rings is 1. The molecule has 4 nitrogen and oxygen atoms in total. The molecule has 0 spiro atoms. The molecule has 1 aliphatic heterocycles. The fraction of sp³-hybridized carbons (Fsp3) is 0.545. The largest absolute Gasteiger partial charge is 0.344 e. The van der Waals surface area contributed by atoms with E-state index in [2.05, 4.69) is 59.8 Å². The SMILES string of the molecule is C=C(N(CC12CCC(C3=NC(C4CC4)=NC3)(CC1)C2)c1cccc(-c2ccc(CC)nc2)c1)C12CC1(F)C2. The summed E-state index contributed by atoms with van der Waals surface area (Å²) in [7, 11) is 0. The first-order valence-corrected chi connectivity index (χ1v) is 14.7. The van der Waals surface area contributed by atoms with Gasteiger partial charge < -0.3 is 4.90 Å². The predicted molar refractivity (Wildman–Crippen MR) is 151 cm³/mol. The second kappa shape index (κ2) is 7.64. The zero-order valence-electron chi connectivity index (χ0n) is 22.5. The second-order valence-corrected chi connectivity index (χ2v) is 13.3. The Morgan fingerprint density at radius 1 is 1.05 bits per heavy atom. The Bertz CT molecular complexity index is 1380. The highest BCUT2D eigenvalue weighted by molar-refractivity contribution is 6.08. The lowest BCUT2D eigenvalue weighted by Crippen LogP contribution is -2.36. The highest BCUT2D eigenvalue weighted by atomic mass is 19.1. The smallest absolute Gasteiger partial charge is 0.126 e. The number of anilines is 1. The summed E-state index contributed by atoms with van der Waals surface area (Å²) in [6, 6.07) is 13.0. The van der Waals surface area contributed by atoms with Crippen LogP contribution < -0.4 is 4.90 Å². The summed E-state index contributed by atoms with van der Waals surface area (Å²) in [5.74, 6) is 1.76. The van der Waals surface area contributed by atoms with Gasteiger partial charge in [-0.15, -0.1) is 0 Å². The summed E-state index contributed by atoms with van der Waals surface area (Å²) in [5, 5.41) is 0. The van der Waals surface area contributed by atoms with Gasteiger partial charge in [-0.05, 0) is 93.4 Å². The summed E-state index contributed by atoms with van der Waals surface area (Å²) >= 11 is 0. The third-order valence-electron chi connectivity index (χ3n) is 11.0. The van der Waals surface area contributed by atoms with Crippen molar-refractivity contribution in [2.24, 2.45) is 32.1 Å². The van der Waals surface area contributed by atoms with Crippen molar-refractivity contribution in [2.45, 2.75) is 76.8 Å². The number of halogens is 1. The van der Waals surface area contributed by atoms with Crippen molar-refractivity contribution in [2.75, 3.05) is 18.0 Å². The van der Waals surface area contributed by atoms with Gasteiger partial charge in [0.25, 0.3) is 0 Å². The quantitative estimate of drug-likeness (QED) is 0.355. The van der Waals surface area contributed by atoms with Crippen LogP contribution in [-0.4, -0.2) is 35.3 Å². The van der Waals surface area contributed by atoms with Crippen LogP contribution >= 0.6 is 0 Å². The van der Waals surface area contributed by atoms with E-state index in [-0.39, 0.29) is 16.2 Å². The molecule has 5 fully saturated rings. The van der Waals surface area contributed by atoms with Crippen LogP contribution in [0.4, 0.5) is 10.1 Å². The Labute approximate surface area is 225 Å². The van der Waals surface area contributed by atoms with Gasteiger partial charge in [0.15, 0.2) is 0 Å². The van der Waals surface area contributed by atoms with Gasteiger partial charge >= 0.3 is 0 Å². The van der Waals surface area contributed by atoms with Crippen molar-refractivity contribution in [3.63, 3.8) is 0 Å². The Balaban J connectivity index is 1.09. The number of allylic oxidation sites excluding steroid dienone is 1. The number of benzene rings is 1. The molecular weight excluding hydrogens is 471 g/mol. The molecule has 38 heavy (non-hydrogen) atoms.